The highest BCUT2D eigenvalue weighted by atomic mass is 127. The number of hydrogen-bond acceptors (Lipinski definition) is 2. The normalized spacial score (nSPS) is 9.83. The van der Waals surface area contributed by atoms with Gasteiger partial charge in [0.25, 0.3) is 0 Å². The Balaban J connectivity index is 2.01. The van der Waals surface area contributed by atoms with Crippen LogP contribution in [0.2, 0.25) is 0 Å². The number of nitrogens with one attached hydrogen (secondary N) is 2. The van der Waals surface area contributed by atoms with E-state index in [0.717, 1.165) is 3.57 Å². The van der Waals surface area contributed by atoms with Crippen molar-refractivity contribution in [3.63, 3.8) is 0 Å². The van der Waals surface area contributed by atoms with E-state index in [9.17, 15) is 9.90 Å². The minimum atomic E-state index is -0.391. The number of halogens is 1. The van der Waals surface area contributed by atoms with Gasteiger partial charge in [-0.05, 0) is 59.0 Å². The highest BCUT2D eigenvalue weighted by Crippen LogP contribution is 2.21. The van der Waals surface area contributed by atoms with Gasteiger partial charge in [0.15, 0.2) is 0 Å². The standard InChI is InChI=1S/C13H11IN2O2/c14-9-5-7-10(8-6-9)15-13(18)16-11-3-1-2-4-12(11)17/h1-8,17H,(H2,15,16,18). The monoisotopic (exact) mass is 354 g/mol. The molecule has 0 unspecified atom stereocenters. The summed E-state index contributed by atoms with van der Waals surface area (Å²) in [5.74, 6) is 0.0373. The molecule has 0 fully saturated rings. The Labute approximate surface area is 118 Å². The summed E-state index contributed by atoms with van der Waals surface area (Å²) in [6.07, 6.45) is 0. The van der Waals surface area contributed by atoms with Gasteiger partial charge < -0.3 is 15.7 Å². The van der Waals surface area contributed by atoms with Gasteiger partial charge in [-0.15, -0.1) is 0 Å². The number of amides is 2. The van der Waals surface area contributed by atoms with Crippen LogP contribution in [0.5, 0.6) is 5.75 Å². The second-order valence-corrected chi connectivity index (χ2v) is 4.85. The number of carbonyl (C=O) groups is 1. The van der Waals surface area contributed by atoms with Crippen molar-refractivity contribution >= 4 is 40.0 Å². The van der Waals surface area contributed by atoms with Crippen LogP contribution in [-0.2, 0) is 0 Å². The van der Waals surface area contributed by atoms with E-state index in [-0.39, 0.29) is 5.75 Å². The zero-order valence-corrected chi connectivity index (χ0v) is 11.5. The SMILES string of the molecule is O=C(Nc1ccc(I)cc1)Nc1ccccc1O. The number of anilines is 2. The summed E-state index contributed by atoms with van der Waals surface area (Å²) >= 11 is 2.19. The van der Waals surface area contributed by atoms with Crippen molar-refractivity contribution in [1.82, 2.24) is 0 Å². The molecule has 0 saturated heterocycles. The fourth-order valence-electron chi connectivity index (χ4n) is 1.40. The summed E-state index contributed by atoms with van der Waals surface area (Å²) in [6, 6.07) is 13.6. The van der Waals surface area contributed by atoms with Crippen molar-refractivity contribution in [3.8, 4) is 5.75 Å². The zero-order chi connectivity index (χ0) is 13.0. The van der Waals surface area contributed by atoms with Crippen molar-refractivity contribution in [2.45, 2.75) is 0 Å². The van der Waals surface area contributed by atoms with Crippen molar-refractivity contribution in [2.24, 2.45) is 0 Å². The van der Waals surface area contributed by atoms with Gasteiger partial charge in [-0.1, -0.05) is 12.1 Å². The molecule has 18 heavy (non-hydrogen) atoms. The van der Waals surface area contributed by atoms with Crippen LogP contribution < -0.4 is 10.6 Å². The number of urea groups is 1. The minimum absolute atomic E-state index is 0.0373. The number of phenols is 1. The van der Waals surface area contributed by atoms with Crippen LogP contribution in [0.3, 0.4) is 0 Å². The molecule has 2 amide bonds. The minimum Gasteiger partial charge on any atom is -0.506 e. The van der Waals surface area contributed by atoms with E-state index in [1.807, 2.05) is 24.3 Å². The van der Waals surface area contributed by atoms with Crippen LogP contribution in [0.1, 0.15) is 0 Å². The third-order valence-corrected chi connectivity index (χ3v) is 2.97. The number of carbonyl (C=O) groups excluding carboxylic acids is 1. The molecule has 4 nitrogen and oxygen atoms in total. The zero-order valence-electron chi connectivity index (χ0n) is 9.35. The van der Waals surface area contributed by atoms with Gasteiger partial charge in [-0.2, -0.15) is 0 Å². The predicted octanol–water partition coefficient (Wildman–Crippen LogP) is 3.64. The number of benzene rings is 2. The third-order valence-electron chi connectivity index (χ3n) is 2.25. The largest absolute Gasteiger partial charge is 0.506 e. The van der Waals surface area contributed by atoms with Gasteiger partial charge in [0.2, 0.25) is 0 Å². The number of hydrogen-bond donors (Lipinski definition) is 3. The van der Waals surface area contributed by atoms with Crippen LogP contribution in [0.4, 0.5) is 16.2 Å². The average molecular weight is 354 g/mol. The molecule has 2 rings (SSSR count). The second-order valence-electron chi connectivity index (χ2n) is 3.60. The lowest BCUT2D eigenvalue weighted by molar-refractivity contribution is 0.262. The Bertz CT molecular complexity index is 555. The molecule has 0 atom stereocenters. The predicted molar refractivity (Wildman–Crippen MR) is 79.9 cm³/mol. The number of para-hydroxylation sites is 2. The highest BCUT2D eigenvalue weighted by molar-refractivity contribution is 14.1. The van der Waals surface area contributed by atoms with Crippen LogP contribution >= 0.6 is 22.6 Å². The lowest BCUT2D eigenvalue weighted by Gasteiger charge is -2.08. The summed E-state index contributed by atoms with van der Waals surface area (Å²) in [4.78, 5) is 11.7. The smallest absolute Gasteiger partial charge is 0.323 e. The molecule has 0 bridgehead atoms. The van der Waals surface area contributed by atoms with Gasteiger partial charge >= 0.3 is 6.03 Å². The maximum absolute atomic E-state index is 11.7. The molecule has 0 heterocycles. The van der Waals surface area contributed by atoms with Crippen molar-refractivity contribution in [3.05, 3.63) is 52.1 Å². The topological polar surface area (TPSA) is 61.4 Å². The molecule has 0 radical (unpaired) electrons. The van der Waals surface area contributed by atoms with Crippen molar-refractivity contribution < 1.29 is 9.90 Å². The molecule has 0 spiro atoms. The first-order valence-corrected chi connectivity index (χ1v) is 6.34. The van der Waals surface area contributed by atoms with Crippen molar-refractivity contribution in [2.75, 3.05) is 10.6 Å². The van der Waals surface area contributed by atoms with Gasteiger partial charge in [-0.25, -0.2) is 4.79 Å². The summed E-state index contributed by atoms with van der Waals surface area (Å²) in [7, 11) is 0. The molecular weight excluding hydrogens is 343 g/mol. The number of aromatic hydroxyl groups is 1. The Morgan fingerprint density at radius 3 is 2.33 bits per heavy atom. The lowest BCUT2D eigenvalue weighted by atomic mass is 10.3. The Morgan fingerprint density at radius 2 is 1.67 bits per heavy atom. The Morgan fingerprint density at radius 1 is 1.00 bits per heavy atom. The van der Waals surface area contributed by atoms with E-state index >= 15 is 0 Å². The van der Waals surface area contributed by atoms with E-state index in [4.69, 9.17) is 0 Å². The molecule has 0 aliphatic rings. The molecule has 0 aromatic heterocycles. The van der Waals surface area contributed by atoms with Crippen LogP contribution in [0.15, 0.2) is 48.5 Å². The number of rotatable bonds is 2. The molecule has 92 valence electrons. The van der Waals surface area contributed by atoms with Gasteiger partial charge in [-0.3, -0.25) is 0 Å². The third kappa shape index (κ3) is 3.36. The van der Waals surface area contributed by atoms with Gasteiger partial charge in [0.1, 0.15) is 5.75 Å². The number of phenolic OH excluding ortho intramolecular Hbond substituents is 1. The van der Waals surface area contributed by atoms with Crippen LogP contribution in [0, 0.1) is 3.57 Å². The fraction of sp³-hybridized carbons (Fsp3) is 0. The summed E-state index contributed by atoms with van der Waals surface area (Å²) in [5, 5.41) is 14.8. The average Bonchev–Trinajstić information content (AvgIpc) is 2.35. The molecule has 2 aromatic carbocycles. The van der Waals surface area contributed by atoms with Gasteiger partial charge in [0.05, 0.1) is 5.69 Å². The van der Waals surface area contributed by atoms with Crippen molar-refractivity contribution in [1.29, 1.82) is 0 Å². The van der Waals surface area contributed by atoms with E-state index in [1.54, 1.807) is 18.2 Å². The molecule has 0 aliphatic heterocycles. The first-order chi connectivity index (χ1) is 8.65. The fourth-order valence-corrected chi connectivity index (χ4v) is 1.76. The molecule has 3 N–H and O–H groups in total. The summed E-state index contributed by atoms with van der Waals surface area (Å²) in [5.41, 5.74) is 1.07. The van der Waals surface area contributed by atoms with Gasteiger partial charge in [0, 0.05) is 9.26 Å². The highest BCUT2D eigenvalue weighted by Gasteiger charge is 2.05. The summed E-state index contributed by atoms with van der Waals surface area (Å²) in [6.45, 7) is 0. The first kappa shape index (κ1) is 12.7. The summed E-state index contributed by atoms with van der Waals surface area (Å²) < 4.78 is 1.10. The Hall–Kier alpha value is -1.76. The quantitative estimate of drug-likeness (QED) is 0.570. The van der Waals surface area contributed by atoms with E-state index in [1.165, 1.54) is 6.07 Å². The molecule has 0 saturated carbocycles. The maximum Gasteiger partial charge on any atom is 0.323 e. The first-order valence-electron chi connectivity index (χ1n) is 5.27. The lowest BCUT2D eigenvalue weighted by Crippen LogP contribution is -2.19. The van der Waals surface area contributed by atoms with Crippen LogP contribution in [-0.4, -0.2) is 11.1 Å². The molecular formula is C13H11IN2O2. The molecule has 5 heteroatoms. The Kier molecular flexibility index (Phi) is 4.03. The maximum atomic E-state index is 11.7. The van der Waals surface area contributed by atoms with E-state index in [2.05, 4.69) is 33.2 Å². The molecule has 0 aliphatic carbocycles. The van der Waals surface area contributed by atoms with E-state index < -0.39 is 6.03 Å². The van der Waals surface area contributed by atoms with Crippen LogP contribution in [0.25, 0.3) is 0 Å². The van der Waals surface area contributed by atoms with E-state index in [0.29, 0.717) is 11.4 Å². The second kappa shape index (κ2) is 5.72. The molecule has 2 aromatic rings.